The number of nitrogens with zero attached hydrogens (tertiary/aromatic N) is 1. The van der Waals surface area contributed by atoms with E-state index < -0.39 is 11.9 Å². The minimum atomic E-state index is -4.48. The van der Waals surface area contributed by atoms with Crippen LogP contribution >= 0.6 is 0 Å². The maximum atomic E-state index is 13.2. The number of pyridine rings is 1. The van der Waals surface area contributed by atoms with E-state index >= 15 is 0 Å². The number of fused-ring (bicyclic) bond motifs is 1. The first-order chi connectivity index (χ1) is 9.90. The zero-order valence-electron chi connectivity index (χ0n) is 12.1. The number of methoxy groups -OCH3 is 1. The highest BCUT2D eigenvalue weighted by Crippen LogP contribution is 2.37. The molecule has 0 spiro atoms. The summed E-state index contributed by atoms with van der Waals surface area (Å²) in [5.74, 6) is 0. The molecule has 114 valence electrons. The highest BCUT2D eigenvalue weighted by molar-refractivity contribution is 5.95. The Morgan fingerprint density at radius 3 is 2.57 bits per heavy atom. The quantitative estimate of drug-likeness (QED) is 0.921. The van der Waals surface area contributed by atoms with Crippen molar-refractivity contribution in [3.8, 4) is 0 Å². The number of anilines is 1. The highest BCUT2D eigenvalue weighted by atomic mass is 19.4. The number of benzene rings is 1. The highest BCUT2D eigenvalue weighted by Gasteiger charge is 2.36. The molecule has 0 aliphatic carbocycles. The van der Waals surface area contributed by atoms with Crippen LogP contribution in [0.25, 0.3) is 10.9 Å². The topological polar surface area (TPSA) is 34.2 Å². The second kappa shape index (κ2) is 5.89. The van der Waals surface area contributed by atoms with Gasteiger partial charge >= 0.3 is 6.18 Å². The van der Waals surface area contributed by atoms with Crippen LogP contribution in [0.15, 0.2) is 18.2 Å². The molecule has 0 atom stereocenters. The molecule has 3 nitrogen and oxygen atoms in total. The van der Waals surface area contributed by atoms with Gasteiger partial charge in [-0.2, -0.15) is 13.2 Å². The molecule has 21 heavy (non-hydrogen) atoms. The summed E-state index contributed by atoms with van der Waals surface area (Å²) in [5.41, 5.74) is 0.710. The van der Waals surface area contributed by atoms with Gasteiger partial charge in [-0.3, -0.25) is 0 Å². The van der Waals surface area contributed by atoms with Crippen molar-refractivity contribution in [2.24, 2.45) is 0 Å². The normalized spacial score (nSPS) is 11.9. The molecule has 0 aliphatic heterocycles. The molecule has 0 unspecified atom stereocenters. The minimum absolute atomic E-state index is 0.117. The van der Waals surface area contributed by atoms with E-state index in [-0.39, 0.29) is 12.2 Å². The molecule has 0 radical (unpaired) electrons. The van der Waals surface area contributed by atoms with E-state index in [1.807, 2.05) is 6.92 Å². The van der Waals surface area contributed by atoms with Crippen LogP contribution in [0, 0.1) is 6.92 Å². The van der Waals surface area contributed by atoms with E-state index in [4.69, 9.17) is 4.74 Å². The van der Waals surface area contributed by atoms with Gasteiger partial charge in [0.05, 0.1) is 12.1 Å². The van der Waals surface area contributed by atoms with E-state index in [2.05, 4.69) is 10.3 Å². The molecule has 1 N–H and O–H groups in total. The Labute approximate surface area is 121 Å². The van der Waals surface area contributed by atoms with Crippen molar-refractivity contribution in [3.05, 3.63) is 35.0 Å². The van der Waals surface area contributed by atoms with Gasteiger partial charge in [0.1, 0.15) is 5.69 Å². The zero-order chi connectivity index (χ0) is 15.6. The Balaban J connectivity index is 2.83. The molecule has 0 aliphatic rings. The fourth-order valence-electron chi connectivity index (χ4n) is 2.39. The van der Waals surface area contributed by atoms with Crippen molar-refractivity contribution in [3.63, 3.8) is 0 Å². The fraction of sp³-hybridized carbons (Fsp3) is 0.400. The summed E-state index contributed by atoms with van der Waals surface area (Å²) < 4.78 is 44.6. The van der Waals surface area contributed by atoms with Gasteiger partial charge in [0.15, 0.2) is 0 Å². The van der Waals surface area contributed by atoms with Gasteiger partial charge in [-0.05, 0) is 13.8 Å². The minimum Gasteiger partial charge on any atom is -0.385 e. The van der Waals surface area contributed by atoms with Crippen molar-refractivity contribution in [1.82, 2.24) is 4.98 Å². The Bertz CT molecular complexity index is 653. The van der Waals surface area contributed by atoms with E-state index in [1.54, 1.807) is 18.2 Å². The van der Waals surface area contributed by atoms with Crippen LogP contribution in [-0.4, -0.2) is 18.6 Å². The molecule has 0 bridgehead atoms. The van der Waals surface area contributed by atoms with E-state index in [0.29, 0.717) is 28.7 Å². The summed E-state index contributed by atoms with van der Waals surface area (Å²) in [5, 5.41) is 3.70. The summed E-state index contributed by atoms with van der Waals surface area (Å²) in [6.45, 7) is 4.04. The number of ether oxygens (including phenoxy) is 1. The lowest BCUT2D eigenvalue weighted by molar-refractivity contribution is -0.141. The van der Waals surface area contributed by atoms with E-state index in [1.165, 1.54) is 14.0 Å². The van der Waals surface area contributed by atoms with Gasteiger partial charge in [-0.25, -0.2) is 4.98 Å². The fourth-order valence-corrected chi connectivity index (χ4v) is 2.39. The number of hydrogen-bond acceptors (Lipinski definition) is 3. The Morgan fingerprint density at radius 2 is 2.00 bits per heavy atom. The van der Waals surface area contributed by atoms with Crippen LogP contribution in [0.4, 0.5) is 18.9 Å². The van der Waals surface area contributed by atoms with Crippen LogP contribution in [-0.2, 0) is 17.5 Å². The number of aromatic nitrogens is 1. The molecule has 0 saturated heterocycles. The zero-order valence-corrected chi connectivity index (χ0v) is 12.1. The van der Waals surface area contributed by atoms with Crippen LogP contribution < -0.4 is 5.32 Å². The summed E-state index contributed by atoms with van der Waals surface area (Å²) in [4.78, 5) is 3.86. The number of rotatable bonds is 4. The molecule has 2 rings (SSSR count). The summed E-state index contributed by atoms with van der Waals surface area (Å²) in [6, 6.07) is 5.29. The van der Waals surface area contributed by atoms with Crippen molar-refractivity contribution in [2.45, 2.75) is 26.6 Å². The summed E-state index contributed by atoms with van der Waals surface area (Å²) in [6.07, 6.45) is -4.48. The maximum absolute atomic E-state index is 13.2. The van der Waals surface area contributed by atoms with E-state index in [0.717, 1.165) is 0 Å². The molecule has 1 aromatic heterocycles. The molecular formula is C15H17F3N2O. The largest absolute Gasteiger partial charge is 0.433 e. The first-order valence-electron chi connectivity index (χ1n) is 6.62. The predicted octanol–water partition coefficient (Wildman–Crippen LogP) is 4.14. The summed E-state index contributed by atoms with van der Waals surface area (Å²) in [7, 11) is 1.50. The SMILES string of the molecule is CCNc1c(C)c(C(F)(F)F)nc2c(COC)cccc12. The lowest BCUT2D eigenvalue weighted by Crippen LogP contribution is -2.14. The Hall–Kier alpha value is -1.82. The van der Waals surface area contributed by atoms with Gasteiger partial charge < -0.3 is 10.1 Å². The van der Waals surface area contributed by atoms with Crippen LogP contribution in [0.3, 0.4) is 0 Å². The third-order valence-electron chi connectivity index (χ3n) is 3.26. The molecule has 1 aromatic carbocycles. The molecule has 2 aromatic rings. The Morgan fingerprint density at radius 1 is 1.29 bits per heavy atom. The smallest absolute Gasteiger partial charge is 0.385 e. The molecule has 0 saturated carbocycles. The van der Waals surface area contributed by atoms with Crippen LogP contribution in [0.5, 0.6) is 0 Å². The number of nitrogens with one attached hydrogen (secondary N) is 1. The standard InChI is InChI=1S/C15H17F3N2O/c1-4-19-12-9(2)14(15(16,17)18)20-13-10(8-21-3)6-5-7-11(12)13/h5-7H,4,8H2,1-3H3,(H,19,20). The van der Waals surface area contributed by atoms with Gasteiger partial charge in [0, 0.05) is 35.9 Å². The molecule has 0 fully saturated rings. The average Bonchev–Trinajstić information content (AvgIpc) is 2.41. The summed E-state index contributed by atoms with van der Waals surface area (Å²) >= 11 is 0. The van der Waals surface area contributed by atoms with E-state index in [9.17, 15) is 13.2 Å². The lowest BCUT2D eigenvalue weighted by atomic mass is 10.0. The predicted molar refractivity (Wildman–Crippen MR) is 76.4 cm³/mol. The monoisotopic (exact) mass is 298 g/mol. The second-order valence-electron chi connectivity index (χ2n) is 4.73. The van der Waals surface area contributed by atoms with Crippen molar-refractivity contribution in [2.75, 3.05) is 19.0 Å². The van der Waals surface area contributed by atoms with Gasteiger partial charge in [-0.15, -0.1) is 0 Å². The first-order valence-corrected chi connectivity index (χ1v) is 6.62. The van der Waals surface area contributed by atoms with Crippen molar-refractivity contribution >= 4 is 16.6 Å². The third-order valence-corrected chi connectivity index (χ3v) is 3.26. The number of halogens is 3. The van der Waals surface area contributed by atoms with Crippen molar-refractivity contribution < 1.29 is 17.9 Å². The maximum Gasteiger partial charge on any atom is 0.433 e. The average molecular weight is 298 g/mol. The third kappa shape index (κ3) is 2.95. The van der Waals surface area contributed by atoms with Gasteiger partial charge in [0.2, 0.25) is 0 Å². The molecule has 0 amide bonds. The lowest BCUT2D eigenvalue weighted by Gasteiger charge is -2.18. The number of alkyl halides is 3. The van der Waals surface area contributed by atoms with Gasteiger partial charge in [-0.1, -0.05) is 18.2 Å². The molecule has 1 heterocycles. The van der Waals surface area contributed by atoms with Crippen LogP contribution in [0.2, 0.25) is 0 Å². The van der Waals surface area contributed by atoms with Crippen LogP contribution in [0.1, 0.15) is 23.7 Å². The molecule has 6 heteroatoms. The van der Waals surface area contributed by atoms with Crippen molar-refractivity contribution in [1.29, 1.82) is 0 Å². The first kappa shape index (κ1) is 15.6. The number of para-hydroxylation sites is 1. The Kier molecular flexibility index (Phi) is 4.37. The van der Waals surface area contributed by atoms with Gasteiger partial charge in [0.25, 0.3) is 0 Å². The number of hydrogen-bond donors (Lipinski definition) is 1. The molecular weight excluding hydrogens is 281 g/mol. The second-order valence-corrected chi connectivity index (χ2v) is 4.73.